The Hall–Kier alpha value is -1.10. The number of rotatable bonds is 4. The summed E-state index contributed by atoms with van der Waals surface area (Å²) >= 11 is 5.78. The molecule has 0 aliphatic carbocycles. The van der Waals surface area contributed by atoms with Gasteiger partial charge in [-0.2, -0.15) is 0 Å². The largest absolute Gasteiger partial charge is 0.370 e. The highest BCUT2D eigenvalue weighted by Gasteiger charge is 2.15. The molecule has 2 rings (SSSR count). The third kappa shape index (κ3) is 4.29. The SMILES string of the molecule is O=C(CC[NH+]1CCOCC1)Nc1ccc(Cl)cc1. The van der Waals surface area contributed by atoms with Gasteiger partial charge in [-0.3, -0.25) is 4.79 Å². The Morgan fingerprint density at radius 2 is 1.94 bits per heavy atom. The first-order valence-electron chi connectivity index (χ1n) is 6.21. The number of anilines is 1. The summed E-state index contributed by atoms with van der Waals surface area (Å²) < 4.78 is 5.28. The highest BCUT2D eigenvalue weighted by atomic mass is 35.5. The van der Waals surface area contributed by atoms with Crippen molar-refractivity contribution in [1.29, 1.82) is 0 Å². The number of ether oxygens (including phenoxy) is 1. The van der Waals surface area contributed by atoms with Crippen molar-refractivity contribution in [2.75, 3.05) is 38.2 Å². The van der Waals surface area contributed by atoms with Crippen LogP contribution in [0.15, 0.2) is 24.3 Å². The average molecular weight is 270 g/mol. The molecule has 98 valence electrons. The molecule has 4 nitrogen and oxygen atoms in total. The van der Waals surface area contributed by atoms with Crippen molar-refractivity contribution in [3.8, 4) is 0 Å². The summed E-state index contributed by atoms with van der Waals surface area (Å²) in [6.07, 6.45) is 0.540. The predicted molar refractivity (Wildman–Crippen MR) is 71.1 cm³/mol. The molecular weight excluding hydrogens is 252 g/mol. The first-order valence-corrected chi connectivity index (χ1v) is 6.58. The number of morpholine rings is 1. The van der Waals surface area contributed by atoms with Gasteiger partial charge in [-0.15, -0.1) is 0 Å². The maximum atomic E-state index is 11.8. The highest BCUT2D eigenvalue weighted by Crippen LogP contribution is 2.13. The molecule has 1 fully saturated rings. The normalized spacial score (nSPS) is 16.5. The van der Waals surface area contributed by atoms with Crippen LogP contribution in [-0.2, 0) is 9.53 Å². The maximum absolute atomic E-state index is 11.8. The van der Waals surface area contributed by atoms with E-state index in [1.54, 1.807) is 12.1 Å². The third-order valence-electron chi connectivity index (χ3n) is 3.03. The van der Waals surface area contributed by atoms with Crippen LogP contribution < -0.4 is 10.2 Å². The lowest BCUT2D eigenvalue weighted by atomic mass is 10.3. The summed E-state index contributed by atoms with van der Waals surface area (Å²) in [5, 5.41) is 3.54. The number of halogens is 1. The number of hydrogen-bond donors (Lipinski definition) is 2. The fraction of sp³-hybridized carbons (Fsp3) is 0.462. The maximum Gasteiger partial charge on any atom is 0.230 e. The summed E-state index contributed by atoms with van der Waals surface area (Å²) in [5.74, 6) is 0.0521. The topological polar surface area (TPSA) is 42.8 Å². The number of quaternary nitrogens is 1. The van der Waals surface area contributed by atoms with E-state index in [1.807, 2.05) is 12.1 Å². The molecule has 1 heterocycles. The predicted octanol–water partition coefficient (Wildman–Crippen LogP) is 0.584. The molecular formula is C13H18ClN2O2+. The Morgan fingerprint density at radius 1 is 1.28 bits per heavy atom. The zero-order valence-electron chi connectivity index (χ0n) is 10.2. The van der Waals surface area contributed by atoms with Crippen molar-refractivity contribution < 1.29 is 14.4 Å². The molecule has 1 aromatic rings. The molecule has 0 aromatic heterocycles. The van der Waals surface area contributed by atoms with Crippen LogP contribution in [0.3, 0.4) is 0 Å². The minimum Gasteiger partial charge on any atom is -0.370 e. The number of carbonyl (C=O) groups is 1. The number of nitrogens with one attached hydrogen (secondary N) is 2. The molecule has 0 radical (unpaired) electrons. The van der Waals surface area contributed by atoms with Gasteiger partial charge in [-0.05, 0) is 24.3 Å². The molecule has 0 atom stereocenters. The molecule has 18 heavy (non-hydrogen) atoms. The van der Waals surface area contributed by atoms with Gasteiger partial charge in [0.1, 0.15) is 13.1 Å². The van der Waals surface area contributed by atoms with Crippen molar-refractivity contribution >= 4 is 23.2 Å². The first kappa shape index (κ1) is 13.3. The van der Waals surface area contributed by atoms with Crippen LogP contribution in [0.1, 0.15) is 6.42 Å². The van der Waals surface area contributed by atoms with Gasteiger partial charge in [0, 0.05) is 10.7 Å². The molecule has 0 spiro atoms. The zero-order valence-corrected chi connectivity index (χ0v) is 11.0. The van der Waals surface area contributed by atoms with Crippen LogP contribution in [-0.4, -0.2) is 38.8 Å². The fourth-order valence-corrected chi connectivity index (χ4v) is 2.08. The Labute approximate surface area is 112 Å². The van der Waals surface area contributed by atoms with E-state index in [9.17, 15) is 4.79 Å². The van der Waals surface area contributed by atoms with Gasteiger partial charge in [-0.25, -0.2) is 0 Å². The molecule has 2 N–H and O–H groups in total. The molecule has 5 heteroatoms. The van der Waals surface area contributed by atoms with Gasteiger partial charge in [0.25, 0.3) is 0 Å². The van der Waals surface area contributed by atoms with Crippen molar-refractivity contribution in [2.45, 2.75) is 6.42 Å². The van der Waals surface area contributed by atoms with E-state index in [0.29, 0.717) is 11.4 Å². The number of amides is 1. The Balaban J connectivity index is 1.73. The Kier molecular flexibility index (Phi) is 4.99. The van der Waals surface area contributed by atoms with E-state index in [-0.39, 0.29) is 5.91 Å². The van der Waals surface area contributed by atoms with Gasteiger partial charge in [0.15, 0.2) is 0 Å². The van der Waals surface area contributed by atoms with Gasteiger partial charge < -0.3 is 15.0 Å². The molecule has 0 bridgehead atoms. The number of carbonyl (C=O) groups excluding carboxylic acids is 1. The fourth-order valence-electron chi connectivity index (χ4n) is 1.96. The van der Waals surface area contributed by atoms with Crippen LogP contribution >= 0.6 is 11.6 Å². The van der Waals surface area contributed by atoms with E-state index < -0.39 is 0 Å². The molecule has 1 amide bonds. The monoisotopic (exact) mass is 269 g/mol. The standard InChI is InChI=1S/C13H17ClN2O2/c14-11-1-3-12(4-2-11)15-13(17)5-6-16-7-9-18-10-8-16/h1-4H,5-10H2,(H,15,17)/p+1. The van der Waals surface area contributed by atoms with Crippen molar-refractivity contribution in [3.63, 3.8) is 0 Å². The summed E-state index contributed by atoms with van der Waals surface area (Å²) in [6, 6.07) is 7.15. The number of hydrogen-bond acceptors (Lipinski definition) is 2. The van der Waals surface area contributed by atoms with Gasteiger partial charge in [-0.1, -0.05) is 11.6 Å². The van der Waals surface area contributed by atoms with Crippen molar-refractivity contribution in [3.05, 3.63) is 29.3 Å². The molecule has 1 aliphatic rings. The molecule has 1 saturated heterocycles. The van der Waals surface area contributed by atoms with Crippen molar-refractivity contribution in [2.24, 2.45) is 0 Å². The minimum atomic E-state index is 0.0521. The van der Waals surface area contributed by atoms with E-state index in [2.05, 4.69) is 5.32 Å². The second-order valence-corrected chi connectivity index (χ2v) is 4.85. The summed E-state index contributed by atoms with van der Waals surface area (Å²) in [6.45, 7) is 4.45. The lowest BCUT2D eigenvalue weighted by Gasteiger charge is -2.23. The van der Waals surface area contributed by atoms with Crippen molar-refractivity contribution in [1.82, 2.24) is 0 Å². The van der Waals surface area contributed by atoms with E-state index in [1.165, 1.54) is 4.90 Å². The smallest absolute Gasteiger partial charge is 0.230 e. The van der Waals surface area contributed by atoms with Crippen LogP contribution in [0.4, 0.5) is 5.69 Å². The second-order valence-electron chi connectivity index (χ2n) is 4.42. The van der Waals surface area contributed by atoms with Gasteiger partial charge in [0.2, 0.25) is 5.91 Å². The first-order chi connectivity index (χ1) is 8.74. The molecule has 0 saturated carbocycles. The molecule has 0 unspecified atom stereocenters. The van der Waals surface area contributed by atoms with E-state index in [4.69, 9.17) is 16.3 Å². The highest BCUT2D eigenvalue weighted by molar-refractivity contribution is 6.30. The van der Waals surface area contributed by atoms with Gasteiger partial charge >= 0.3 is 0 Å². The lowest BCUT2D eigenvalue weighted by Crippen LogP contribution is -3.14. The van der Waals surface area contributed by atoms with E-state index >= 15 is 0 Å². The molecule has 1 aliphatic heterocycles. The van der Waals surface area contributed by atoms with Crippen LogP contribution in [0.25, 0.3) is 0 Å². The zero-order chi connectivity index (χ0) is 12.8. The average Bonchev–Trinajstić information content (AvgIpc) is 2.40. The number of benzene rings is 1. The summed E-state index contributed by atoms with van der Waals surface area (Å²) in [7, 11) is 0. The van der Waals surface area contributed by atoms with Crippen LogP contribution in [0, 0.1) is 0 Å². The van der Waals surface area contributed by atoms with Crippen LogP contribution in [0.2, 0.25) is 5.02 Å². The Bertz CT molecular complexity index is 388. The van der Waals surface area contributed by atoms with Crippen LogP contribution in [0.5, 0.6) is 0 Å². The summed E-state index contributed by atoms with van der Waals surface area (Å²) in [4.78, 5) is 13.2. The molecule has 1 aromatic carbocycles. The Morgan fingerprint density at radius 3 is 2.61 bits per heavy atom. The minimum absolute atomic E-state index is 0.0521. The van der Waals surface area contributed by atoms with E-state index in [0.717, 1.165) is 38.5 Å². The van der Waals surface area contributed by atoms with Gasteiger partial charge in [0.05, 0.1) is 26.2 Å². The summed E-state index contributed by atoms with van der Waals surface area (Å²) in [5.41, 5.74) is 0.793. The quantitative estimate of drug-likeness (QED) is 0.840. The third-order valence-corrected chi connectivity index (χ3v) is 3.29. The second kappa shape index (κ2) is 6.73. The lowest BCUT2D eigenvalue weighted by molar-refractivity contribution is -0.907.